The van der Waals surface area contributed by atoms with E-state index in [-0.39, 0.29) is 33.9 Å². The van der Waals surface area contributed by atoms with E-state index < -0.39 is 6.10 Å². The number of likely N-dealkylation sites (N-methyl/N-ethyl adjacent to an activating group) is 1. The third-order valence-corrected chi connectivity index (χ3v) is 8.00. The van der Waals surface area contributed by atoms with Crippen LogP contribution in [-0.2, 0) is 6.42 Å². The number of aliphatic hydroxyl groups excluding tert-OH is 1. The second kappa shape index (κ2) is 9.45. The van der Waals surface area contributed by atoms with E-state index in [1.165, 1.54) is 17.7 Å². The Labute approximate surface area is 211 Å². The van der Waals surface area contributed by atoms with Gasteiger partial charge in [0.25, 0.3) is 0 Å². The van der Waals surface area contributed by atoms with Crippen molar-refractivity contribution in [2.45, 2.75) is 58.1 Å². The van der Waals surface area contributed by atoms with E-state index in [9.17, 15) is 15.0 Å². The van der Waals surface area contributed by atoms with Crippen LogP contribution in [0.2, 0.25) is 0 Å². The van der Waals surface area contributed by atoms with Gasteiger partial charge in [-0.1, -0.05) is 32.0 Å². The number of likely N-dealkylation sites (tertiary alicyclic amines) is 1. The summed E-state index contributed by atoms with van der Waals surface area (Å²) < 4.78 is 12.5. The summed E-state index contributed by atoms with van der Waals surface area (Å²) in [5.41, 5.74) is 3.03. The summed E-state index contributed by atoms with van der Waals surface area (Å²) in [5.74, 6) is 0.465. The standard InChI is InChI=1S/C29H36N2O5/c1-17-13-21(32)27-22(33)14-24(26(28(27)36-17)19-10-12-31(4)15-23(19)34)35-16-25-29(2,3)11-9-18-7-5-6-8-20(18)30-25/h5-8,13-14,19,23,25,30,33-34H,9-12,15-16H2,1-4H3. The first-order valence-corrected chi connectivity index (χ1v) is 12.8. The van der Waals surface area contributed by atoms with E-state index in [4.69, 9.17) is 9.15 Å². The number of anilines is 1. The Morgan fingerprint density at radius 3 is 2.81 bits per heavy atom. The molecule has 3 N–H and O–H groups in total. The van der Waals surface area contributed by atoms with Gasteiger partial charge in [-0.25, -0.2) is 0 Å². The molecule has 192 valence electrons. The second-order valence-corrected chi connectivity index (χ2v) is 11.1. The monoisotopic (exact) mass is 492 g/mol. The minimum absolute atomic E-state index is 0.0128. The van der Waals surface area contributed by atoms with Crippen LogP contribution in [-0.4, -0.2) is 54.0 Å². The number of nitrogens with one attached hydrogen (secondary N) is 1. The molecule has 36 heavy (non-hydrogen) atoms. The van der Waals surface area contributed by atoms with Gasteiger partial charge < -0.3 is 29.6 Å². The number of rotatable bonds is 4. The van der Waals surface area contributed by atoms with Gasteiger partial charge in [0.05, 0.1) is 12.1 Å². The fourth-order valence-electron chi connectivity index (χ4n) is 5.66. The number of nitrogens with zero attached hydrogens (tertiary/aromatic N) is 1. The normalized spacial score (nSPS) is 24.1. The topological polar surface area (TPSA) is 95.2 Å². The SMILES string of the molecule is Cc1cc(=O)c2c(O)cc(OCC3Nc4ccccc4CCC3(C)C)c(C3CCN(C)CC3O)c2o1. The largest absolute Gasteiger partial charge is 0.507 e. The lowest BCUT2D eigenvalue weighted by Gasteiger charge is -2.36. The van der Waals surface area contributed by atoms with Crippen LogP contribution >= 0.6 is 0 Å². The van der Waals surface area contributed by atoms with Crippen LogP contribution in [0.1, 0.15) is 49.5 Å². The zero-order chi connectivity index (χ0) is 25.6. The molecule has 2 aromatic carbocycles. The lowest BCUT2D eigenvalue weighted by Crippen LogP contribution is -2.41. The van der Waals surface area contributed by atoms with E-state index in [1.54, 1.807) is 6.92 Å². The van der Waals surface area contributed by atoms with Gasteiger partial charge in [0.2, 0.25) is 0 Å². The second-order valence-electron chi connectivity index (χ2n) is 11.1. The van der Waals surface area contributed by atoms with Crippen molar-refractivity contribution >= 4 is 16.7 Å². The fraction of sp³-hybridized carbons (Fsp3) is 0.483. The molecule has 5 rings (SSSR count). The first-order valence-electron chi connectivity index (χ1n) is 12.8. The Hall–Kier alpha value is -3.03. The number of para-hydroxylation sites is 1. The quantitative estimate of drug-likeness (QED) is 0.496. The van der Waals surface area contributed by atoms with Crippen LogP contribution in [0.5, 0.6) is 11.5 Å². The number of phenolic OH excluding ortho intramolecular Hbond substituents is 1. The van der Waals surface area contributed by atoms with Crippen LogP contribution in [0.3, 0.4) is 0 Å². The molecule has 0 radical (unpaired) electrons. The Morgan fingerprint density at radius 2 is 2.03 bits per heavy atom. The first-order chi connectivity index (χ1) is 17.1. The number of hydrogen-bond donors (Lipinski definition) is 3. The molecule has 1 saturated heterocycles. The third kappa shape index (κ3) is 4.58. The number of aromatic hydroxyl groups is 1. The zero-order valence-corrected chi connectivity index (χ0v) is 21.5. The van der Waals surface area contributed by atoms with E-state index in [2.05, 4.69) is 42.3 Å². The Morgan fingerprint density at radius 1 is 1.25 bits per heavy atom. The van der Waals surface area contributed by atoms with Crippen LogP contribution in [0, 0.1) is 12.3 Å². The van der Waals surface area contributed by atoms with Gasteiger partial charge in [-0.15, -0.1) is 0 Å². The van der Waals surface area contributed by atoms with Crippen molar-refractivity contribution < 1.29 is 19.4 Å². The van der Waals surface area contributed by atoms with Gasteiger partial charge in [0.15, 0.2) is 5.43 Å². The number of phenols is 1. The predicted molar refractivity (Wildman–Crippen MR) is 141 cm³/mol. The molecule has 0 aliphatic carbocycles. The molecular weight excluding hydrogens is 456 g/mol. The summed E-state index contributed by atoms with van der Waals surface area (Å²) in [6.07, 6.45) is 2.03. The van der Waals surface area contributed by atoms with Crippen LogP contribution < -0.4 is 15.5 Å². The summed E-state index contributed by atoms with van der Waals surface area (Å²) in [6.45, 7) is 7.86. The Balaban J connectivity index is 1.56. The predicted octanol–water partition coefficient (Wildman–Crippen LogP) is 4.42. The number of aliphatic hydroxyl groups is 1. The zero-order valence-electron chi connectivity index (χ0n) is 21.5. The molecule has 2 aliphatic rings. The maximum atomic E-state index is 12.8. The highest BCUT2D eigenvalue weighted by Crippen LogP contribution is 2.43. The van der Waals surface area contributed by atoms with Crippen molar-refractivity contribution in [3.05, 3.63) is 63.5 Å². The van der Waals surface area contributed by atoms with Crippen molar-refractivity contribution in [3.63, 3.8) is 0 Å². The molecule has 3 heterocycles. The van der Waals surface area contributed by atoms with Crippen molar-refractivity contribution in [2.75, 3.05) is 32.1 Å². The first kappa shape index (κ1) is 24.7. The van der Waals surface area contributed by atoms with Gasteiger partial charge in [0, 0.05) is 35.8 Å². The number of β-amino-alcohol motifs (C(OH)–C–C–N with tert-alkyl or cyclic N) is 1. The molecule has 1 aromatic heterocycles. The third-order valence-electron chi connectivity index (χ3n) is 8.00. The van der Waals surface area contributed by atoms with E-state index >= 15 is 0 Å². The smallest absolute Gasteiger partial charge is 0.196 e. The van der Waals surface area contributed by atoms with E-state index in [0.29, 0.717) is 42.2 Å². The van der Waals surface area contributed by atoms with Crippen molar-refractivity contribution in [1.82, 2.24) is 4.90 Å². The van der Waals surface area contributed by atoms with Gasteiger partial charge in [0.1, 0.15) is 34.8 Å². The minimum Gasteiger partial charge on any atom is -0.507 e. The molecule has 7 nitrogen and oxygen atoms in total. The highest BCUT2D eigenvalue weighted by Gasteiger charge is 2.36. The van der Waals surface area contributed by atoms with Gasteiger partial charge in [-0.3, -0.25) is 4.79 Å². The maximum absolute atomic E-state index is 12.8. The van der Waals surface area contributed by atoms with Gasteiger partial charge in [-0.2, -0.15) is 0 Å². The van der Waals surface area contributed by atoms with Gasteiger partial charge in [-0.05, 0) is 56.8 Å². The number of piperidine rings is 1. The number of benzene rings is 2. The minimum atomic E-state index is -0.649. The van der Waals surface area contributed by atoms with Crippen molar-refractivity contribution in [3.8, 4) is 11.5 Å². The summed E-state index contributed by atoms with van der Waals surface area (Å²) in [5, 5.41) is 25.7. The Kier molecular flexibility index (Phi) is 6.47. The highest BCUT2D eigenvalue weighted by atomic mass is 16.5. The van der Waals surface area contributed by atoms with Crippen LogP contribution in [0.4, 0.5) is 5.69 Å². The summed E-state index contributed by atoms with van der Waals surface area (Å²) >= 11 is 0. The van der Waals surface area contributed by atoms with Crippen molar-refractivity contribution in [2.24, 2.45) is 5.41 Å². The molecule has 0 saturated carbocycles. The number of hydrogen-bond acceptors (Lipinski definition) is 7. The average Bonchev–Trinajstić information content (AvgIpc) is 2.93. The molecule has 0 spiro atoms. The lowest BCUT2D eigenvalue weighted by atomic mass is 9.80. The summed E-state index contributed by atoms with van der Waals surface area (Å²) in [6, 6.07) is 11.3. The molecule has 0 bridgehead atoms. The lowest BCUT2D eigenvalue weighted by molar-refractivity contribution is 0.0625. The molecule has 3 unspecified atom stereocenters. The van der Waals surface area contributed by atoms with E-state index in [1.807, 2.05) is 13.1 Å². The summed E-state index contributed by atoms with van der Waals surface area (Å²) in [7, 11) is 1.98. The fourth-order valence-corrected chi connectivity index (χ4v) is 5.66. The summed E-state index contributed by atoms with van der Waals surface area (Å²) in [4.78, 5) is 14.9. The molecule has 3 aromatic rings. The number of ether oxygens (including phenoxy) is 1. The van der Waals surface area contributed by atoms with Gasteiger partial charge >= 0.3 is 0 Å². The molecule has 2 aliphatic heterocycles. The molecular formula is C29H36N2O5. The van der Waals surface area contributed by atoms with E-state index in [0.717, 1.165) is 25.1 Å². The molecule has 3 atom stereocenters. The van der Waals surface area contributed by atoms with Crippen LogP contribution in [0.15, 0.2) is 45.6 Å². The molecule has 1 fully saturated rings. The number of fused-ring (bicyclic) bond motifs is 2. The Bertz CT molecular complexity index is 1330. The van der Waals surface area contributed by atoms with Crippen molar-refractivity contribution in [1.29, 1.82) is 0 Å². The average molecular weight is 493 g/mol. The molecule has 0 amide bonds. The highest BCUT2D eigenvalue weighted by molar-refractivity contribution is 5.88. The molecule has 7 heteroatoms. The maximum Gasteiger partial charge on any atom is 0.196 e. The number of aryl methyl sites for hydroxylation is 2. The van der Waals surface area contributed by atoms with Crippen LogP contribution in [0.25, 0.3) is 11.0 Å².